The molecule has 0 spiro atoms. The Hall–Kier alpha value is -1.23. The first kappa shape index (κ1) is 10.3. The average molecular weight is 224 g/mol. The second-order valence-corrected chi connectivity index (χ2v) is 4.52. The van der Waals surface area contributed by atoms with E-state index in [0.717, 1.165) is 18.0 Å². The third-order valence-electron chi connectivity index (χ3n) is 2.43. The lowest BCUT2D eigenvalue weighted by Gasteiger charge is -2.30. The molecule has 0 aromatic heterocycles. The molecule has 0 amide bonds. The molecule has 0 aliphatic carbocycles. The Bertz CT molecular complexity index is 345. The van der Waals surface area contributed by atoms with E-state index in [2.05, 4.69) is 0 Å². The van der Waals surface area contributed by atoms with Crippen molar-refractivity contribution in [3.8, 4) is 0 Å². The summed E-state index contributed by atoms with van der Waals surface area (Å²) in [6.45, 7) is 0.750. The minimum Gasteiger partial charge on any atom is -0.309 e. The maximum Gasteiger partial charge on any atom is 0.296 e. The molecule has 1 aliphatic heterocycles. The fraction of sp³-hybridized carbons (Fsp3) is 0.400. The Kier molecular flexibility index (Phi) is 3.11. The second kappa shape index (κ2) is 4.53. The van der Waals surface area contributed by atoms with E-state index < -0.39 is 6.17 Å². The largest absolute Gasteiger partial charge is 0.309 e. The van der Waals surface area contributed by atoms with Crippen molar-refractivity contribution in [2.75, 3.05) is 23.0 Å². The van der Waals surface area contributed by atoms with Gasteiger partial charge in [0.05, 0.1) is 5.75 Å². The Morgan fingerprint density at radius 2 is 2.13 bits per heavy atom. The number of nitro groups is 1. The first-order chi connectivity index (χ1) is 7.29. The summed E-state index contributed by atoms with van der Waals surface area (Å²) in [6.07, 6.45) is -0.578. The number of hydrogen-bond acceptors (Lipinski definition) is 4. The van der Waals surface area contributed by atoms with Crippen LogP contribution in [-0.4, -0.2) is 29.1 Å². The van der Waals surface area contributed by atoms with E-state index in [1.165, 1.54) is 0 Å². The molecular formula is C10H12N2O2S. The van der Waals surface area contributed by atoms with Gasteiger partial charge in [0.25, 0.3) is 6.17 Å². The van der Waals surface area contributed by atoms with Crippen molar-refractivity contribution in [1.82, 2.24) is 0 Å². The topological polar surface area (TPSA) is 46.4 Å². The quantitative estimate of drug-likeness (QED) is 0.568. The summed E-state index contributed by atoms with van der Waals surface area (Å²) in [4.78, 5) is 12.6. The van der Waals surface area contributed by atoms with Crippen molar-refractivity contribution in [1.29, 1.82) is 0 Å². The van der Waals surface area contributed by atoms with Gasteiger partial charge in [-0.15, -0.1) is 0 Å². The summed E-state index contributed by atoms with van der Waals surface area (Å²) < 4.78 is 0. The molecule has 0 saturated carbocycles. The summed E-state index contributed by atoms with van der Waals surface area (Å²) in [5.41, 5.74) is 0.944. The van der Waals surface area contributed by atoms with Gasteiger partial charge in [-0.25, -0.2) is 0 Å². The predicted molar refractivity (Wildman–Crippen MR) is 61.9 cm³/mol. The molecule has 15 heavy (non-hydrogen) atoms. The van der Waals surface area contributed by atoms with Gasteiger partial charge in [-0.05, 0) is 12.1 Å². The number of para-hydroxylation sites is 1. The maximum atomic E-state index is 10.9. The molecule has 1 aromatic carbocycles. The lowest BCUT2D eigenvalue weighted by atomic mass is 10.2. The first-order valence-electron chi connectivity index (χ1n) is 4.82. The maximum absolute atomic E-state index is 10.9. The van der Waals surface area contributed by atoms with Crippen molar-refractivity contribution in [3.63, 3.8) is 0 Å². The van der Waals surface area contributed by atoms with Crippen molar-refractivity contribution in [2.24, 2.45) is 0 Å². The molecule has 0 N–H and O–H groups in total. The zero-order valence-corrected chi connectivity index (χ0v) is 9.02. The standard InChI is InChI=1S/C10H12N2O2S/c13-12(14)10-8-15-7-6-11(10)9-4-2-1-3-5-9/h1-5,10H,6-8H2. The van der Waals surface area contributed by atoms with Gasteiger partial charge in [0.15, 0.2) is 0 Å². The molecule has 1 aliphatic rings. The van der Waals surface area contributed by atoms with Gasteiger partial charge in [0.2, 0.25) is 0 Å². The van der Waals surface area contributed by atoms with E-state index in [4.69, 9.17) is 0 Å². The predicted octanol–water partition coefficient (Wildman–Crippen LogP) is 1.84. The zero-order valence-electron chi connectivity index (χ0n) is 8.20. The molecule has 80 valence electrons. The SMILES string of the molecule is O=[N+]([O-])C1CSCCN1c1ccccc1. The Morgan fingerprint density at radius 1 is 1.40 bits per heavy atom. The molecule has 4 nitrogen and oxygen atoms in total. The van der Waals surface area contributed by atoms with Gasteiger partial charge in [0, 0.05) is 22.9 Å². The normalized spacial score (nSPS) is 21.3. The minimum absolute atomic E-state index is 0.195. The van der Waals surface area contributed by atoms with E-state index >= 15 is 0 Å². The smallest absolute Gasteiger partial charge is 0.296 e. The monoisotopic (exact) mass is 224 g/mol. The van der Waals surface area contributed by atoms with Gasteiger partial charge in [-0.3, -0.25) is 10.1 Å². The highest BCUT2D eigenvalue weighted by atomic mass is 32.2. The van der Waals surface area contributed by atoms with Crippen LogP contribution in [0.1, 0.15) is 0 Å². The number of hydrogen-bond donors (Lipinski definition) is 0. The van der Waals surface area contributed by atoms with Crippen molar-refractivity contribution < 1.29 is 4.92 Å². The van der Waals surface area contributed by atoms with Crippen molar-refractivity contribution >= 4 is 17.4 Å². The number of nitrogens with zero attached hydrogens (tertiary/aromatic N) is 2. The highest BCUT2D eigenvalue weighted by molar-refractivity contribution is 7.99. The summed E-state index contributed by atoms with van der Waals surface area (Å²) in [5, 5.41) is 10.9. The van der Waals surface area contributed by atoms with Crippen LogP contribution < -0.4 is 4.90 Å². The molecule has 1 heterocycles. The van der Waals surface area contributed by atoms with E-state index in [9.17, 15) is 10.1 Å². The van der Waals surface area contributed by atoms with Gasteiger partial charge in [0.1, 0.15) is 0 Å². The molecule has 0 radical (unpaired) electrons. The van der Waals surface area contributed by atoms with E-state index in [1.807, 2.05) is 35.2 Å². The van der Waals surface area contributed by atoms with Crippen molar-refractivity contribution in [2.45, 2.75) is 6.17 Å². The summed E-state index contributed by atoms with van der Waals surface area (Å²) in [5.74, 6) is 1.53. The lowest BCUT2D eigenvalue weighted by molar-refractivity contribution is -0.515. The van der Waals surface area contributed by atoms with E-state index in [-0.39, 0.29) is 4.92 Å². The minimum atomic E-state index is -0.578. The third kappa shape index (κ3) is 2.23. The summed E-state index contributed by atoms with van der Waals surface area (Å²) >= 11 is 1.65. The molecule has 5 heteroatoms. The Morgan fingerprint density at radius 3 is 2.80 bits per heavy atom. The molecule has 1 saturated heterocycles. The fourth-order valence-electron chi connectivity index (χ4n) is 1.69. The van der Waals surface area contributed by atoms with Crippen LogP contribution in [0, 0.1) is 10.1 Å². The van der Waals surface area contributed by atoms with Crippen LogP contribution in [-0.2, 0) is 0 Å². The van der Waals surface area contributed by atoms with Crippen LogP contribution in [0.2, 0.25) is 0 Å². The van der Waals surface area contributed by atoms with Crippen LogP contribution in [0.15, 0.2) is 30.3 Å². The van der Waals surface area contributed by atoms with Crippen LogP contribution in [0.3, 0.4) is 0 Å². The Balaban J connectivity index is 2.22. The summed E-state index contributed by atoms with van der Waals surface area (Å²) in [7, 11) is 0. The summed E-state index contributed by atoms with van der Waals surface area (Å²) in [6, 6.07) is 9.59. The second-order valence-electron chi connectivity index (χ2n) is 3.37. The van der Waals surface area contributed by atoms with E-state index in [0.29, 0.717) is 5.75 Å². The van der Waals surface area contributed by atoms with Gasteiger partial charge in [-0.2, -0.15) is 11.8 Å². The molecule has 1 unspecified atom stereocenters. The fourth-order valence-corrected chi connectivity index (χ4v) is 2.69. The molecule has 1 fully saturated rings. The highest BCUT2D eigenvalue weighted by Crippen LogP contribution is 2.23. The van der Waals surface area contributed by atoms with E-state index in [1.54, 1.807) is 11.8 Å². The lowest BCUT2D eigenvalue weighted by Crippen LogP contribution is -2.47. The van der Waals surface area contributed by atoms with Crippen LogP contribution in [0.4, 0.5) is 5.69 Å². The zero-order chi connectivity index (χ0) is 10.7. The number of rotatable bonds is 2. The molecule has 1 aromatic rings. The highest BCUT2D eigenvalue weighted by Gasteiger charge is 2.31. The molecule has 1 atom stereocenters. The van der Waals surface area contributed by atoms with Crippen LogP contribution >= 0.6 is 11.8 Å². The van der Waals surface area contributed by atoms with Crippen LogP contribution in [0.25, 0.3) is 0 Å². The molecule has 2 rings (SSSR count). The van der Waals surface area contributed by atoms with Gasteiger partial charge >= 0.3 is 0 Å². The molecule has 0 bridgehead atoms. The number of benzene rings is 1. The van der Waals surface area contributed by atoms with Gasteiger partial charge in [-0.1, -0.05) is 18.2 Å². The number of thioether (sulfide) groups is 1. The number of anilines is 1. The van der Waals surface area contributed by atoms with Gasteiger partial charge < -0.3 is 4.90 Å². The first-order valence-corrected chi connectivity index (χ1v) is 5.97. The third-order valence-corrected chi connectivity index (χ3v) is 3.44. The Labute approximate surface area is 92.4 Å². The van der Waals surface area contributed by atoms with Crippen molar-refractivity contribution in [3.05, 3.63) is 40.4 Å². The average Bonchev–Trinajstić information content (AvgIpc) is 2.30. The van der Waals surface area contributed by atoms with Crippen LogP contribution in [0.5, 0.6) is 0 Å². The molecular weight excluding hydrogens is 212 g/mol.